The molecule has 1 amide bonds. The average molecular weight is 349 g/mol. The molecule has 0 bridgehead atoms. The first-order valence-corrected chi connectivity index (χ1v) is 9.18. The van der Waals surface area contributed by atoms with Gasteiger partial charge in [0.2, 0.25) is 5.91 Å². The third-order valence-electron chi connectivity index (χ3n) is 4.00. The number of carbonyl (C=O) groups excluding carboxylic acids is 3. The van der Waals surface area contributed by atoms with Gasteiger partial charge >= 0.3 is 5.97 Å². The summed E-state index contributed by atoms with van der Waals surface area (Å²) >= 11 is 1.41. The number of hydrogen-bond acceptors (Lipinski definition) is 5. The molecule has 0 unspecified atom stereocenters. The van der Waals surface area contributed by atoms with E-state index in [2.05, 4.69) is 0 Å². The average Bonchev–Trinajstić information content (AvgIpc) is 2.60. The summed E-state index contributed by atoms with van der Waals surface area (Å²) in [5, 5.41) is 0. The minimum atomic E-state index is -0.214. The topological polar surface area (TPSA) is 63.7 Å². The number of nitrogens with zero attached hydrogens (tertiary/aromatic N) is 1. The number of likely N-dealkylation sites (tertiary alicyclic amines) is 1. The third kappa shape index (κ3) is 5.09. The van der Waals surface area contributed by atoms with Gasteiger partial charge in [-0.3, -0.25) is 14.4 Å². The van der Waals surface area contributed by atoms with Crippen LogP contribution in [0.25, 0.3) is 0 Å². The fourth-order valence-electron chi connectivity index (χ4n) is 2.70. The molecule has 0 spiro atoms. The zero-order valence-corrected chi connectivity index (χ0v) is 14.9. The molecule has 24 heavy (non-hydrogen) atoms. The van der Waals surface area contributed by atoms with Crippen LogP contribution < -0.4 is 0 Å². The van der Waals surface area contributed by atoms with Gasteiger partial charge in [-0.05, 0) is 38.8 Å². The maximum absolute atomic E-state index is 12.4. The van der Waals surface area contributed by atoms with E-state index in [0.29, 0.717) is 31.0 Å². The second-order valence-corrected chi connectivity index (χ2v) is 6.85. The Morgan fingerprint density at radius 1 is 1.33 bits per heavy atom. The third-order valence-corrected chi connectivity index (χ3v) is 4.98. The molecule has 0 aromatic heterocycles. The van der Waals surface area contributed by atoms with Gasteiger partial charge in [0.15, 0.2) is 5.78 Å². The van der Waals surface area contributed by atoms with Crippen LogP contribution >= 0.6 is 11.8 Å². The molecule has 5 nitrogen and oxygen atoms in total. The number of thioether (sulfide) groups is 1. The number of amides is 1. The minimum absolute atomic E-state index is 0.0112. The van der Waals surface area contributed by atoms with Gasteiger partial charge < -0.3 is 9.64 Å². The maximum Gasteiger partial charge on any atom is 0.310 e. The molecule has 6 heteroatoms. The second-order valence-electron chi connectivity index (χ2n) is 5.80. The molecule has 0 radical (unpaired) electrons. The van der Waals surface area contributed by atoms with Gasteiger partial charge in [0.05, 0.1) is 18.3 Å². The monoisotopic (exact) mass is 349 g/mol. The van der Waals surface area contributed by atoms with Crippen molar-refractivity contribution in [2.45, 2.75) is 31.6 Å². The normalized spacial score (nSPS) is 17.4. The van der Waals surface area contributed by atoms with Gasteiger partial charge in [0.25, 0.3) is 0 Å². The summed E-state index contributed by atoms with van der Waals surface area (Å²) in [5.74, 6) is -0.0958. The molecule has 1 heterocycles. The second kappa shape index (κ2) is 8.87. The molecule has 1 aromatic carbocycles. The first-order valence-electron chi connectivity index (χ1n) is 8.19. The molecular weight excluding hydrogens is 326 g/mol. The molecule has 1 aliphatic heterocycles. The molecule has 1 atom stereocenters. The summed E-state index contributed by atoms with van der Waals surface area (Å²) in [6.45, 7) is 4.80. The number of carbonyl (C=O) groups is 3. The molecular formula is C18H23NO4S. The zero-order chi connectivity index (χ0) is 17.5. The number of esters is 1. The number of rotatable bonds is 6. The van der Waals surface area contributed by atoms with Crippen molar-refractivity contribution in [3.63, 3.8) is 0 Å². The molecule has 130 valence electrons. The van der Waals surface area contributed by atoms with Gasteiger partial charge in [-0.15, -0.1) is 11.8 Å². The van der Waals surface area contributed by atoms with E-state index in [1.807, 2.05) is 12.1 Å². The summed E-state index contributed by atoms with van der Waals surface area (Å²) in [6.07, 6.45) is 1.59. The van der Waals surface area contributed by atoms with Crippen molar-refractivity contribution in [1.29, 1.82) is 0 Å². The van der Waals surface area contributed by atoms with Crippen molar-refractivity contribution < 1.29 is 19.1 Å². The lowest BCUT2D eigenvalue weighted by molar-refractivity contribution is -0.151. The van der Waals surface area contributed by atoms with Crippen molar-refractivity contribution in [1.82, 2.24) is 4.90 Å². The van der Waals surface area contributed by atoms with Crippen LogP contribution in [0, 0.1) is 5.92 Å². The predicted octanol–water partition coefficient (Wildman–Crippen LogP) is 2.78. The standard InChI is InChI=1S/C18H23NO4S/c1-3-23-18(22)15-7-5-9-19(11-15)17(21)12-24-16-8-4-6-14(10-16)13(2)20/h4,6,8,10,15H,3,5,7,9,11-12H2,1-2H3/t15-/m1/s1. The largest absolute Gasteiger partial charge is 0.466 e. The van der Waals surface area contributed by atoms with Crippen LogP contribution in [0.15, 0.2) is 29.2 Å². The zero-order valence-electron chi connectivity index (χ0n) is 14.1. The van der Waals surface area contributed by atoms with E-state index < -0.39 is 0 Å². The highest BCUT2D eigenvalue weighted by Crippen LogP contribution is 2.22. The molecule has 0 saturated carbocycles. The van der Waals surface area contributed by atoms with Crippen LogP contribution in [0.3, 0.4) is 0 Å². The highest BCUT2D eigenvalue weighted by molar-refractivity contribution is 8.00. The maximum atomic E-state index is 12.4. The molecule has 2 rings (SSSR count). The lowest BCUT2D eigenvalue weighted by Gasteiger charge is -2.31. The van der Waals surface area contributed by atoms with Crippen molar-refractivity contribution in [3.05, 3.63) is 29.8 Å². The van der Waals surface area contributed by atoms with E-state index in [9.17, 15) is 14.4 Å². The van der Waals surface area contributed by atoms with E-state index in [1.54, 1.807) is 24.0 Å². The lowest BCUT2D eigenvalue weighted by Crippen LogP contribution is -2.43. The number of hydrogen-bond donors (Lipinski definition) is 0. The summed E-state index contributed by atoms with van der Waals surface area (Å²) in [7, 11) is 0. The van der Waals surface area contributed by atoms with Crippen LogP contribution in [0.2, 0.25) is 0 Å². The van der Waals surface area contributed by atoms with Crippen LogP contribution in [0.5, 0.6) is 0 Å². The predicted molar refractivity (Wildman–Crippen MR) is 93.1 cm³/mol. The SMILES string of the molecule is CCOC(=O)[C@@H]1CCCN(C(=O)CSc2cccc(C(C)=O)c2)C1. The first-order chi connectivity index (χ1) is 11.5. The Bertz CT molecular complexity index is 617. The Morgan fingerprint density at radius 3 is 2.83 bits per heavy atom. The van der Waals surface area contributed by atoms with Crippen LogP contribution in [-0.2, 0) is 14.3 Å². The van der Waals surface area contributed by atoms with Crippen molar-refractivity contribution in [2.75, 3.05) is 25.4 Å². The number of piperidine rings is 1. The van der Waals surface area contributed by atoms with E-state index in [4.69, 9.17) is 4.74 Å². The summed E-state index contributed by atoms with van der Waals surface area (Å²) in [4.78, 5) is 38.3. The van der Waals surface area contributed by atoms with E-state index in [-0.39, 0.29) is 23.6 Å². The highest BCUT2D eigenvalue weighted by Gasteiger charge is 2.29. The lowest BCUT2D eigenvalue weighted by atomic mass is 9.98. The Hall–Kier alpha value is -1.82. The Labute approximate surface area is 146 Å². The number of ether oxygens (including phenoxy) is 1. The smallest absolute Gasteiger partial charge is 0.310 e. The number of benzene rings is 1. The number of Topliss-reactive ketones (excluding diaryl/α,β-unsaturated/α-hetero) is 1. The van der Waals surface area contributed by atoms with Crippen LogP contribution in [0.1, 0.15) is 37.0 Å². The van der Waals surface area contributed by atoms with E-state index in [0.717, 1.165) is 17.7 Å². The van der Waals surface area contributed by atoms with Crippen LogP contribution in [-0.4, -0.2) is 48.0 Å². The quantitative estimate of drug-likeness (QED) is 0.449. The Morgan fingerprint density at radius 2 is 2.12 bits per heavy atom. The molecule has 0 aliphatic carbocycles. The van der Waals surface area contributed by atoms with Crippen molar-refractivity contribution in [2.24, 2.45) is 5.92 Å². The van der Waals surface area contributed by atoms with E-state index >= 15 is 0 Å². The fraction of sp³-hybridized carbons (Fsp3) is 0.500. The summed E-state index contributed by atoms with van der Waals surface area (Å²) in [6, 6.07) is 7.28. The molecule has 1 saturated heterocycles. The van der Waals surface area contributed by atoms with Crippen molar-refractivity contribution in [3.8, 4) is 0 Å². The van der Waals surface area contributed by atoms with E-state index in [1.165, 1.54) is 18.7 Å². The van der Waals surface area contributed by atoms with Gasteiger partial charge in [0.1, 0.15) is 0 Å². The summed E-state index contributed by atoms with van der Waals surface area (Å²) < 4.78 is 5.06. The molecule has 1 fully saturated rings. The van der Waals surface area contributed by atoms with Gasteiger partial charge in [-0.25, -0.2) is 0 Å². The van der Waals surface area contributed by atoms with Crippen molar-refractivity contribution >= 4 is 29.4 Å². The Balaban J connectivity index is 1.89. The first kappa shape index (κ1) is 18.5. The van der Waals surface area contributed by atoms with Crippen LogP contribution in [0.4, 0.5) is 0 Å². The number of ketones is 1. The molecule has 0 N–H and O–H groups in total. The Kier molecular flexibility index (Phi) is 6.85. The molecule has 1 aromatic rings. The van der Waals surface area contributed by atoms with Gasteiger partial charge in [-0.1, -0.05) is 12.1 Å². The molecule has 1 aliphatic rings. The minimum Gasteiger partial charge on any atom is -0.466 e. The fourth-order valence-corrected chi connectivity index (χ4v) is 3.56. The highest BCUT2D eigenvalue weighted by atomic mass is 32.2. The van der Waals surface area contributed by atoms with Gasteiger partial charge in [-0.2, -0.15) is 0 Å². The summed E-state index contributed by atoms with van der Waals surface area (Å²) in [5.41, 5.74) is 0.646. The van der Waals surface area contributed by atoms with Gasteiger partial charge in [0, 0.05) is 23.5 Å².